The molecule has 0 N–H and O–H groups in total. The first-order valence-electron chi connectivity index (χ1n) is 15.8. The predicted molar refractivity (Wildman–Crippen MR) is 180 cm³/mol. The van der Waals surface area contributed by atoms with Crippen LogP contribution in [0.15, 0.2) is 112 Å². The standard InChI is InChI=1S/C25H17.C13H21.C3H6.Zr/c1-3-7-18(8-4-1)20-11-13-24-22(15-20)17-23-16-21(12-14-25(23)24)19-9-5-2-6-10-19;1-5-6-7-11-8-9-12(10-11)13(2,3)4;1-3-2;/h1-15H,17H2;9-11H,5-7H2,1-4H3;1-2H3;. The summed E-state index contributed by atoms with van der Waals surface area (Å²) in [4.78, 5) is 0. The molecule has 0 fully saturated rings. The van der Waals surface area contributed by atoms with E-state index in [0.29, 0.717) is 5.92 Å². The molecule has 42 heavy (non-hydrogen) atoms. The van der Waals surface area contributed by atoms with Crippen LogP contribution in [0.3, 0.4) is 0 Å². The van der Waals surface area contributed by atoms with E-state index >= 15 is 0 Å². The van der Waals surface area contributed by atoms with Gasteiger partial charge in [0.1, 0.15) is 0 Å². The van der Waals surface area contributed by atoms with Gasteiger partial charge in [-0.2, -0.15) is 0 Å². The monoisotopic (exact) mass is 626 g/mol. The van der Waals surface area contributed by atoms with Crippen molar-refractivity contribution < 1.29 is 21.3 Å². The Hall–Kier alpha value is -2.89. The normalized spacial score (nSPS) is 15.6. The second-order valence-corrected chi connectivity index (χ2v) is 20.3. The minimum absolute atomic E-state index is 0.174. The Kier molecular flexibility index (Phi) is 8.35. The van der Waals surface area contributed by atoms with Crippen LogP contribution >= 0.6 is 0 Å². The molecule has 6 rings (SSSR count). The molecule has 0 heterocycles. The molecule has 0 nitrogen and oxygen atoms in total. The summed E-state index contributed by atoms with van der Waals surface area (Å²) in [5.41, 5.74) is 13.1. The number of fused-ring (bicyclic) bond motifs is 3. The Morgan fingerprint density at radius 1 is 0.762 bits per heavy atom. The molecule has 0 radical (unpaired) electrons. The van der Waals surface area contributed by atoms with E-state index in [0.717, 1.165) is 6.42 Å². The molecule has 0 bridgehead atoms. The Balaban J connectivity index is 1.55. The predicted octanol–water partition coefficient (Wildman–Crippen LogP) is 10.7. The number of unbranched alkanes of at least 4 members (excludes halogenated alkanes) is 1. The maximum atomic E-state index is 2.67. The van der Waals surface area contributed by atoms with Crippen molar-refractivity contribution in [2.45, 2.75) is 67.2 Å². The first-order chi connectivity index (χ1) is 20.3. The van der Waals surface area contributed by atoms with Crippen LogP contribution in [0, 0.1) is 11.3 Å². The van der Waals surface area contributed by atoms with Gasteiger partial charge in [0.25, 0.3) is 0 Å². The van der Waals surface area contributed by atoms with Crippen molar-refractivity contribution >= 4 is 6.48 Å². The van der Waals surface area contributed by atoms with Gasteiger partial charge in [0, 0.05) is 0 Å². The molecule has 0 aliphatic heterocycles. The van der Waals surface area contributed by atoms with Gasteiger partial charge in [-0.15, -0.1) is 0 Å². The van der Waals surface area contributed by atoms with Gasteiger partial charge in [-0.05, 0) is 0 Å². The summed E-state index contributed by atoms with van der Waals surface area (Å²) in [5, 5.41) is 0. The average Bonchev–Trinajstić information content (AvgIpc) is 3.58. The van der Waals surface area contributed by atoms with Gasteiger partial charge in [0.05, 0.1) is 0 Å². The maximum absolute atomic E-state index is 2.67. The van der Waals surface area contributed by atoms with E-state index in [1.54, 1.807) is 20.9 Å². The number of hydrogen-bond donors (Lipinski definition) is 0. The van der Waals surface area contributed by atoms with Crippen molar-refractivity contribution in [1.29, 1.82) is 0 Å². The molecule has 1 unspecified atom stereocenters. The van der Waals surface area contributed by atoms with Crippen molar-refractivity contribution in [3.05, 3.63) is 123 Å². The number of hydrogen-bond acceptors (Lipinski definition) is 0. The van der Waals surface area contributed by atoms with Crippen molar-refractivity contribution in [2.24, 2.45) is 11.3 Å². The van der Waals surface area contributed by atoms with E-state index in [2.05, 4.69) is 145 Å². The van der Waals surface area contributed by atoms with Gasteiger partial charge >= 0.3 is 263 Å². The van der Waals surface area contributed by atoms with Crippen LogP contribution < -0.4 is 3.27 Å². The van der Waals surface area contributed by atoms with Crippen LogP contribution in [-0.4, -0.2) is 3.21 Å². The van der Waals surface area contributed by atoms with Gasteiger partial charge in [-0.25, -0.2) is 0 Å². The third-order valence-corrected chi connectivity index (χ3v) is 16.9. The van der Waals surface area contributed by atoms with Crippen molar-refractivity contribution in [2.75, 3.05) is 0 Å². The second kappa shape index (κ2) is 12.0. The first kappa shape index (κ1) is 29.2. The van der Waals surface area contributed by atoms with Crippen molar-refractivity contribution in [3.8, 4) is 33.4 Å². The van der Waals surface area contributed by atoms with Gasteiger partial charge in [-0.3, -0.25) is 0 Å². The Morgan fingerprint density at radius 2 is 1.40 bits per heavy atom. The molecule has 0 amide bonds. The molecule has 1 atom stereocenters. The van der Waals surface area contributed by atoms with E-state index in [4.69, 9.17) is 0 Å². The molecule has 2 aliphatic carbocycles. The zero-order valence-corrected chi connectivity index (χ0v) is 28.7. The first-order valence-corrected chi connectivity index (χ1v) is 19.5. The minimum atomic E-state index is -2.47. The fourth-order valence-electron chi connectivity index (χ4n) is 6.93. The van der Waals surface area contributed by atoms with Crippen LogP contribution in [-0.2, 0) is 27.7 Å². The van der Waals surface area contributed by atoms with E-state index in [1.165, 1.54) is 58.2 Å². The van der Waals surface area contributed by atoms with E-state index in [9.17, 15) is 0 Å². The molecule has 0 saturated carbocycles. The van der Waals surface area contributed by atoms with Gasteiger partial charge in [0.15, 0.2) is 0 Å². The van der Waals surface area contributed by atoms with Crippen LogP contribution in [0.4, 0.5) is 0 Å². The van der Waals surface area contributed by atoms with Crippen LogP contribution in [0.25, 0.3) is 33.4 Å². The summed E-state index contributed by atoms with van der Waals surface area (Å²) < 4.78 is 5.19. The van der Waals surface area contributed by atoms with E-state index in [1.807, 2.05) is 0 Å². The summed E-state index contributed by atoms with van der Waals surface area (Å²) in [7, 11) is 0. The SMILES string of the molecule is CCCCC1C=C(C(C)(C)C)C=[C]1[Zr](=[C](C)C)[c]1c(-c2ccccc2)ccc2c1Cc1cc(-c3ccccc3)ccc1-2. The quantitative estimate of drug-likeness (QED) is 0.168. The fourth-order valence-corrected chi connectivity index (χ4v) is 15.0. The van der Waals surface area contributed by atoms with Crippen LogP contribution in [0.5, 0.6) is 0 Å². The molecule has 0 aromatic heterocycles. The zero-order chi connectivity index (χ0) is 29.4. The van der Waals surface area contributed by atoms with Crippen molar-refractivity contribution in [3.63, 3.8) is 0 Å². The topological polar surface area (TPSA) is 0 Å². The molecule has 0 saturated heterocycles. The Bertz CT molecular complexity index is 1700. The van der Waals surface area contributed by atoms with Gasteiger partial charge in [-0.1, -0.05) is 0 Å². The fraction of sp³-hybridized carbons (Fsp3) is 0.293. The molecular formula is C41H44Zr. The van der Waals surface area contributed by atoms with Crippen LogP contribution in [0.2, 0.25) is 0 Å². The number of benzene rings is 4. The summed E-state index contributed by atoms with van der Waals surface area (Å²) in [6.07, 6.45) is 10.2. The molecule has 1 heteroatoms. The summed E-state index contributed by atoms with van der Waals surface area (Å²) in [6, 6.07) is 34.1. The number of allylic oxidation sites excluding steroid dienone is 4. The molecule has 4 aromatic carbocycles. The average molecular weight is 628 g/mol. The third-order valence-electron chi connectivity index (χ3n) is 9.13. The van der Waals surface area contributed by atoms with E-state index < -0.39 is 21.3 Å². The van der Waals surface area contributed by atoms with Gasteiger partial charge in [0.2, 0.25) is 0 Å². The van der Waals surface area contributed by atoms with E-state index in [-0.39, 0.29) is 5.41 Å². The zero-order valence-electron chi connectivity index (χ0n) is 26.2. The summed E-state index contributed by atoms with van der Waals surface area (Å²) in [5.74, 6) is 0.580. The molecule has 212 valence electrons. The Labute approximate surface area is 261 Å². The third kappa shape index (κ3) is 5.58. The second-order valence-electron chi connectivity index (χ2n) is 13.4. The van der Waals surface area contributed by atoms with Crippen LogP contribution in [0.1, 0.15) is 71.9 Å². The molecular weight excluding hydrogens is 584 g/mol. The summed E-state index contributed by atoms with van der Waals surface area (Å²) in [6.45, 7) is 14.4. The van der Waals surface area contributed by atoms with Crippen molar-refractivity contribution in [1.82, 2.24) is 0 Å². The number of rotatable bonds is 7. The summed E-state index contributed by atoms with van der Waals surface area (Å²) >= 11 is -2.47. The molecule has 2 aliphatic rings. The Morgan fingerprint density at radius 3 is 2.05 bits per heavy atom. The molecule has 0 spiro atoms. The molecule has 4 aromatic rings. The van der Waals surface area contributed by atoms with Gasteiger partial charge < -0.3 is 0 Å².